The van der Waals surface area contributed by atoms with Crippen LogP contribution in [0.4, 0.5) is 0 Å². The summed E-state index contributed by atoms with van der Waals surface area (Å²) in [6.45, 7) is 4.08. The molecule has 2 aliphatic rings. The average Bonchev–Trinajstić information content (AvgIpc) is 3.00. The number of carbonyl (C=O) groups excluding carboxylic acids is 2. The molecule has 2 aliphatic carbocycles. The number of rotatable bonds is 11. The minimum absolute atomic E-state index is 0. The Labute approximate surface area is 270 Å². The van der Waals surface area contributed by atoms with Crippen LogP contribution in [0.15, 0.2) is 42.5 Å². The van der Waals surface area contributed by atoms with Crippen LogP contribution in [-0.4, -0.2) is 58.4 Å². The van der Waals surface area contributed by atoms with Gasteiger partial charge in [0.25, 0.3) is 5.91 Å². The van der Waals surface area contributed by atoms with E-state index in [1.54, 1.807) is 17.8 Å². The quantitative estimate of drug-likeness (QED) is 0.301. The van der Waals surface area contributed by atoms with Gasteiger partial charge in [-0.2, -0.15) is 11.8 Å². The minimum atomic E-state index is -1.00. The minimum Gasteiger partial charge on any atom is -1.00 e. The number of aryl methyl sites for hydroxylation is 2. The van der Waals surface area contributed by atoms with Gasteiger partial charge in [0.1, 0.15) is 6.04 Å². The van der Waals surface area contributed by atoms with Crippen molar-refractivity contribution in [2.24, 2.45) is 0 Å². The summed E-state index contributed by atoms with van der Waals surface area (Å²) in [5.41, 5.74) is 4.55. The number of nitrogens with zero attached hydrogens (tertiary/aromatic N) is 1. The number of hydrogen-bond acceptors (Lipinski definition) is 4. The molecule has 2 N–H and O–H groups in total. The third-order valence-corrected chi connectivity index (χ3v) is 9.14. The summed E-state index contributed by atoms with van der Waals surface area (Å²) >= 11 is 1.56. The van der Waals surface area contributed by atoms with Crippen LogP contribution in [0.3, 0.4) is 0 Å². The molecule has 0 heterocycles. The number of thioether (sulfide) groups is 1. The summed E-state index contributed by atoms with van der Waals surface area (Å²) in [7, 11) is 0. The van der Waals surface area contributed by atoms with Crippen molar-refractivity contribution >= 4 is 30.0 Å². The topological polar surface area (TPSA) is 86.7 Å². The number of amides is 2. The van der Waals surface area contributed by atoms with Crippen molar-refractivity contribution in [2.75, 3.05) is 12.0 Å². The zero-order chi connectivity index (χ0) is 29.6. The maximum absolute atomic E-state index is 12.8. The molecule has 2 saturated carbocycles. The van der Waals surface area contributed by atoms with Gasteiger partial charge in [0.2, 0.25) is 6.41 Å². The van der Waals surface area contributed by atoms with Crippen LogP contribution in [-0.2, 0) is 16.0 Å². The molecule has 1 atom stereocenters. The first-order valence-corrected chi connectivity index (χ1v) is 16.7. The summed E-state index contributed by atoms with van der Waals surface area (Å²) < 4.78 is 0. The Balaban J connectivity index is 0.000000464. The van der Waals surface area contributed by atoms with Crippen LogP contribution in [0.25, 0.3) is 11.1 Å². The average molecular weight is 589 g/mol. The fourth-order valence-corrected chi connectivity index (χ4v) is 6.54. The maximum atomic E-state index is 12.8. The second-order valence-electron chi connectivity index (χ2n) is 11.3. The number of carboxylic acids is 1. The summed E-state index contributed by atoms with van der Waals surface area (Å²) in [5.74, 6) is -0.675. The van der Waals surface area contributed by atoms with E-state index in [1.807, 2.05) is 49.6 Å². The van der Waals surface area contributed by atoms with Gasteiger partial charge in [-0.25, -0.2) is 4.79 Å². The molecular formula is C34H49LiN2O4S. The van der Waals surface area contributed by atoms with Crippen LogP contribution < -0.4 is 24.2 Å². The molecule has 0 aliphatic heterocycles. The Morgan fingerprint density at radius 3 is 2.10 bits per heavy atom. The van der Waals surface area contributed by atoms with E-state index in [-0.39, 0.29) is 26.2 Å². The molecule has 0 radical (unpaired) electrons. The third kappa shape index (κ3) is 10.5. The fourth-order valence-electron chi connectivity index (χ4n) is 6.06. The van der Waals surface area contributed by atoms with Gasteiger partial charge >= 0.3 is 24.8 Å². The molecule has 2 aromatic carbocycles. The summed E-state index contributed by atoms with van der Waals surface area (Å²) in [5, 5.41) is 12.1. The first-order chi connectivity index (χ1) is 19.9. The Kier molecular flexibility index (Phi) is 16.4. The molecule has 1 unspecified atom stereocenters. The van der Waals surface area contributed by atoms with Gasteiger partial charge in [0.15, 0.2) is 0 Å². The van der Waals surface area contributed by atoms with Crippen molar-refractivity contribution < 1.29 is 39.8 Å². The molecular weight excluding hydrogens is 539 g/mol. The van der Waals surface area contributed by atoms with Gasteiger partial charge < -0.3 is 16.7 Å². The summed E-state index contributed by atoms with van der Waals surface area (Å²) in [4.78, 5) is 37.7. The number of nitrogens with one attached hydrogen (secondary N) is 1. The number of carboxylic acid groups (broad SMARTS) is 1. The number of carbonyl (C=O) groups is 3. The van der Waals surface area contributed by atoms with Gasteiger partial charge in [-0.15, -0.1) is 0 Å². The first-order valence-electron chi connectivity index (χ1n) is 15.3. The Morgan fingerprint density at radius 2 is 1.60 bits per heavy atom. The van der Waals surface area contributed by atoms with E-state index in [9.17, 15) is 19.5 Å². The standard InChI is InChI=1S/C21H25NO3S.C13H23NO.Li.H/c1-4-15-9-10-17(18(13-15)16-8-6-5-7-14(16)2)20(23)22-19(21(24)25)11-12-26-3;15-11-14(12-7-3-1-4-8-12)13-9-5-2-6-10-13;;/h5-10,13,19H,4,11-12H2,1-3H3,(H,22,23)(H,24,25);11-13H,1-10H2;;/q;;+1;-1. The zero-order valence-electron chi connectivity index (χ0n) is 27.1. The molecule has 4 rings (SSSR count). The molecule has 226 valence electrons. The van der Waals surface area contributed by atoms with E-state index >= 15 is 0 Å². The van der Waals surface area contributed by atoms with Crippen LogP contribution in [0, 0.1) is 6.92 Å². The van der Waals surface area contributed by atoms with E-state index in [0.29, 0.717) is 29.8 Å². The van der Waals surface area contributed by atoms with Crippen LogP contribution in [0.2, 0.25) is 0 Å². The Bertz CT molecular complexity index is 1120. The van der Waals surface area contributed by atoms with Gasteiger partial charge in [0, 0.05) is 17.6 Å². The molecule has 2 aromatic rings. The largest absolute Gasteiger partial charge is 1.00 e. The molecule has 6 nitrogen and oxygen atoms in total. The van der Waals surface area contributed by atoms with E-state index in [1.165, 1.54) is 64.2 Å². The van der Waals surface area contributed by atoms with Gasteiger partial charge in [-0.05, 0) is 85.8 Å². The molecule has 0 bridgehead atoms. The van der Waals surface area contributed by atoms with Crippen LogP contribution in [0.5, 0.6) is 0 Å². The van der Waals surface area contributed by atoms with E-state index in [0.717, 1.165) is 35.1 Å². The second kappa shape index (κ2) is 19.2. The Hall–Kier alpha value is -2.20. The van der Waals surface area contributed by atoms with Crippen molar-refractivity contribution in [3.8, 4) is 11.1 Å². The van der Waals surface area contributed by atoms with Crippen molar-refractivity contribution in [1.82, 2.24) is 10.2 Å². The van der Waals surface area contributed by atoms with Crippen molar-refractivity contribution in [3.05, 3.63) is 59.2 Å². The summed E-state index contributed by atoms with van der Waals surface area (Å²) in [6, 6.07) is 13.9. The monoisotopic (exact) mass is 588 g/mol. The number of hydrogen-bond donors (Lipinski definition) is 2. The van der Waals surface area contributed by atoms with Gasteiger partial charge in [-0.1, -0.05) is 81.8 Å². The molecule has 0 aromatic heterocycles. The third-order valence-electron chi connectivity index (χ3n) is 8.50. The zero-order valence-corrected chi connectivity index (χ0v) is 26.9. The van der Waals surface area contributed by atoms with E-state index < -0.39 is 12.0 Å². The molecule has 0 saturated heterocycles. The van der Waals surface area contributed by atoms with Crippen LogP contribution >= 0.6 is 11.8 Å². The second-order valence-corrected chi connectivity index (χ2v) is 12.3. The van der Waals surface area contributed by atoms with Gasteiger partial charge in [-0.3, -0.25) is 9.59 Å². The SMILES string of the molecule is CCc1ccc(C(=O)NC(CCSC)C(=O)O)c(-c2ccccc2C)c1.O=CN(C1CCCCC1)C1CCCCC1.[H-].[Li+]. The van der Waals surface area contributed by atoms with E-state index in [2.05, 4.69) is 17.1 Å². The Morgan fingerprint density at radius 1 is 1.00 bits per heavy atom. The molecule has 2 amide bonds. The van der Waals surface area contributed by atoms with Crippen LogP contribution in [0.1, 0.15) is 100 Å². The predicted molar refractivity (Wildman–Crippen MR) is 171 cm³/mol. The number of aliphatic carboxylic acids is 1. The first kappa shape index (κ1) is 36.0. The van der Waals surface area contributed by atoms with Crippen molar-refractivity contribution in [3.63, 3.8) is 0 Å². The molecule has 8 heteroatoms. The normalized spacial score (nSPS) is 16.3. The number of benzene rings is 2. The summed E-state index contributed by atoms with van der Waals surface area (Å²) in [6.07, 6.45) is 17.3. The maximum Gasteiger partial charge on any atom is 1.00 e. The molecule has 42 heavy (non-hydrogen) atoms. The molecule has 0 spiro atoms. The smallest absolute Gasteiger partial charge is 1.00 e. The van der Waals surface area contributed by atoms with Crippen molar-refractivity contribution in [2.45, 2.75) is 109 Å². The predicted octanol–water partition coefficient (Wildman–Crippen LogP) is 4.39. The van der Waals surface area contributed by atoms with E-state index in [4.69, 9.17) is 0 Å². The fraction of sp³-hybridized carbons (Fsp3) is 0.559. The van der Waals surface area contributed by atoms with Gasteiger partial charge in [0.05, 0.1) is 0 Å². The van der Waals surface area contributed by atoms with Crippen molar-refractivity contribution in [1.29, 1.82) is 0 Å². The molecule has 2 fully saturated rings.